The third-order valence-corrected chi connectivity index (χ3v) is 4.25. The van der Waals surface area contributed by atoms with E-state index in [9.17, 15) is 4.79 Å². The fraction of sp³-hybridized carbons (Fsp3) is 0.533. The number of rotatable bonds is 3. The van der Waals surface area contributed by atoms with Crippen molar-refractivity contribution in [1.82, 2.24) is 4.90 Å². The van der Waals surface area contributed by atoms with E-state index in [1.54, 1.807) is 4.90 Å². The highest BCUT2D eigenvalue weighted by molar-refractivity contribution is 5.68. The van der Waals surface area contributed by atoms with E-state index in [4.69, 9.17) is 10.5 Å². The Labute approximate surface area is 113 Å². The molecule has 0 bridgehead atoms. The van der Waals surface area contributed by atoms with Gasteiger partial charge in [-0.25, -0.2) is 4.79 Å². The number of benzene rings is 1. The molecule has 19 heavy (non-hydrogen) atoms. The van der Waals surface area contributed by atoms with Crippen LogP contribution < -0.4 is 5.73 Å². The maximum atomic E-state index is 11.8. The molecule has 0 radical (unpaired) electrons. The standard InChI is InChI=1S/C15H20N2O2/c16-14-6-12(7-14)13-8-17(9-13)15(18)19-10-11-4-2-1-3-5-11/h1-5,12-14H,6-10,16H2. The lowest BCUT2D eigenvalue weighted by atomic mass is 9.70. The smallest absolute Gasteiger partial charge is 0.410 e. The van der Waals surface area contributed by atoms with Crippen LogP contribution in [0.3, 0.4) is 0 Å². The zero-order valence-corrected chi connectivity index (χ0v) is 11.0. The van der Waals surface area contributed by atoms with E-state index < -0.39 is 0 Å². The van der Waals surface area contributed by atoms with Gasteiger partial charge in [-0.1, -0.05) is 30.3 Å². The van der Waals surface area contributed by atoms with Gasteiger partial charge in [-0.05, 0) is 30.2 Å². The van der Waals surface area contributed by atoms with Gasteiger partial charge in [-0.2, -0.15) is 0 Å². The number of amides is 1. The second kappa shape index (κ2) is 5.21. The molecule has 0 atom stereocenters. The first-order chi connectivity index (χ1) is 9.22. The summed E-state index contributed by atoms with van der Waals surface area (Å²) in [5.74, 6) is 1.37. The second-order valence-electron chi connectivity index (χ2n) is 5.70. The second-order valence-corrected chi connectivity index (χ2v) is 5.70. The van der Waals surface area contributed by atoms with Gasteiger partial charge < -0.3 is 15.4 Å². The van der Waals surface area contributed by atoms with Crippen molar-refractivity contribution in [1.29, 1.82) is 0 Å². The summed E-state index contributed by atoms with van der Waals surface area (Å²) in [4.78, 5) is 13.6. The predicted octanol–water partition coefficient (Wildman–Crippen LogP) is 1.99. The van der Waals surface area contributed by atoms with Gasteiger partial charge in [0.05, 0.1) is 0 Å². The molecule has 2 aliphatic rings. The summed E-state index contributed by atoms with van der Waals surface area (Å²) in [7, 11) is 0. The predicted molar refractivity (Wildman–Crippen MR) is 72.4 cm³/mol. The van der Waals surface area contributed by atoms with Crippen LogP contribution in [0.25, 0.3) is 0 Å². The first kappa shape index (κ1) is 12.5. The number of nitrogens with zero attached hydrogens (tertiary/aromatic N) is 1. The largest absolute Gasteiger partial charge is 0.445 e. The Kier molecular flexibility index (Phi) is 3.42. The Balaban J connectivity index is 1.38. The molecule has 1 aliphatic carbocycles. The van der Waals surface area contributed by atoms with E-state index in [0.29, 0.717) is 18.6 Å². The van der Waals surface area contributed by atoms with E-state index in [0.717, 1.165) is 37.4 Å². The van der Waals surface area contributed by atoms with Crippen LogP contribution in [0.5, 0.6) is 0 Å². The number of carbonyl (C=O) groups is 1. The molecule has 4 heteroatoms. The van der Waals surface area contributed by atoms with Crippen LogP contribution in [0.1, 0.15) is 18.4 Å². The van der Waals surface area contributed by atoms with Crippen molar-refractivity contribution in [3.05, 3.63) is 35.9 Å². The summed E-state index contributed by atoms with van der Waals surface area (Å²) < 4.78 is 5.30. The SMILES string of the molecule is NC1CC(C2CN(C(=O)OCc3ccccc3)C2)C1. The number of carbonyl (C=O) groups excluding carboxylic acids is 1. The summed E-state index contributed by atoms with van der Waals surface area (Å²) in [6.07, 6.45) is 2.05. The molecule has 1 heterocycles. The maximum Gasteiger partial charge on any atom is 0.410 e. The van der Waals surface area contributed by atoms with E-state index in [2.05, 4.69) is 0 Å². The highest BCUT2D eigenvalue weighted by atomic mass is 16.6. The molecule has 102 valence electrons. The molecular weight excluding hydrogens is 240 g/mol. The van der Waals surface area contributed by atoms with Crippen molar-refractivity contribution in [3.63, 3.8) is 0 Å². The number of hydrogen-bond acceptors (Lipinski definition) is 3. The van der Waals surface area contributed by atoms with Crippen LogP contribution in [0.4, 0.5) is 4.79 Å². The fourth-order valence-electron chi connectivity index (χ4n) is 2.86. The van der Waals surface area contributed by atoms with E-state index in [-0.39, 0.29) is 6.09 Å². The highest BCUT2D eigenvalue weighted by Gasteiger charge is 2.41. The zero-order chi connectivity index (χ0) is 13.2. The molecule has 2 N–H and O–H groups in total. The Morgan fingerprint density at radius 3 is 2.53 bits per heavy atom. The summed E-state index contributed by atoms with van der Waals surface area (Å²) in [5, 5.41) is 0. The molecule has 1 aromatic rings. The van der Waals surface area contributed by atoms with Gasteiger partial charge in [-0.15, -0.1) is 0 Å². The van der Waals surface area contributed by atoms with E-state index in [1.165, 1.54) is 0 Å². The van der Waals surface area contributed by atoms with Crippen LogP contribution in [-0.4, -0.2) is 30.1 Å². The van der Waals surface area contributed by atoms with Crippen molar-refractivity contribution in [2.75, 3.05) is 13.1 Å². The van der Waals surface area contributed by atoms with E-state index >= 15 is 0 Å². The quantitative estimate of drug-likeness (QED) is 0.904. The molecule has 1 aliphatic heterocycles. The molecule has 1 aromatic carbocycles. The van der Waals surface area contributed by atoms with Gasteiger partial charge in [0.2, 0.25) is 0 Å². The minimum atomic E-state index is -0.191. The first-order valence-electron chi connectivity index (χ1n) is 6.93. The van der Waals surface area contributed by atoms with Gasteiger partial charge in [0.25, 0.3) is 0 Å². The zero-order valence-electron chi connectivity index (χ0n) is 11.0. The third kappa shape index (κ3) is 2.73. The van der Waals surface area contributed by atoms with Crippen molar-refractivity contribution in [2.45, 2.75) is 25.5 Å². The monoisotopic (exact) mass is 260 g/mol. The minimum absolute atomic E-state index is 0.191. The molecule has 4 nitrogen and oxygen atoms in total. The van der Waals surface area contributed by atoms with Gasteiger partial charge in [0.15, 0.2) is 0 Å². The summed E-state index contributed by atoms with van der Waals surface area (Å²) >= 11 is 0. The topological polar surface area (TPSA) is 55.6 Å². The van der Waals surface area contributed by atoms with Crippen LogP contribution in [0.2, 0.25) is 0 Å². The molecule has 1 amide bonds. The van der Waals surface area contributed by atoms with Crippen LogP contribution in [0.15, 0.2) is 30.3 Å². The third-order valence-electron chi connectivity index (χ3n) is 4.25. The lowest BCUT2D eigenvalue weighted by Gasteiger charge is -2.47. The molecule has 0 unspecified atom stereocenters. The van der Waals surface area contributed by atoms with Crippen molar-refractivity contribution in [3.8, 4) is 0 Å². The number of hydrogen-bond donors (Lipinski definition) is 1. The van der Waals surface area contributed by atoms with Crippen molar-refractivity contribution in [2.24, 2.45) is 17.6 Å². The summed E-state index contributed by atoms with van der Waals surface area (Å²) in [6.45, 7) is 2.03. The minimum Gasteiger partial charge on any atom is -0.445 e. The normalized spacial score (nSPS) is 26.5. The van der Waals surface area contributed by atoms with Crippen LogP contribution >= 0.6 is 0 Å². The summed E-state index contributed by atoms with van der Waals surface area (Å²) in [5.41, 5.74) is 6.81. The Morgan fingerprint density at radius 2 is 1.89 bits per heavy atom. The highest BCUT2D eigenvalue weighted by Crippen LogP contribution is 2.37. The van der Waals surface area contributed by atoms with Gasteiger partial charge in [-0.3, -0.25) is 0 Å². The van der Waals surface area contributed by atoms with E-state index in [1.807, 2.05) is 30.3 Å². The van der Waals surface area contributed by atoms with Gasteiger partial charge >= 0.3 is 6.09 Å². The average molecular weight is 260 g/mol. The fourth-order valence-corrected chi connectivity index (χ4v) is 2.86. The number of nitrogens with two attached hydrogens (primary N) is 1. The Hall–Kier alpha value is -1.55. The number of ether oxygens (including phenoxy) is 1. The molecule has 1 saturated carbocycles. The van der Waals surface area contributed by atoms with Crippen molar-refractivity contribution >= 4 is 6.09 Å². The van der Waals surface area contributed by atoms with Gasteiger partial charge in [0, 0.05) is 19.1 Å². The first-order valence-corrected chi connectivity index (χ1v) is 6.93. The van der Waals surface area contributed by atoms with Crippen LogP contribution in [-0.2, 0) is 11.3 Å². The average Bonchev–Trinajstić information content (AvgIpc) is 2.34. The molecule has 0 aromatic heterocycles. The lowest BCUT2D eigenvalue weighted by Crippen LogP contribution is -2.56. The molecule has 2 fully saturated rings. The Morgan fingerprint density at radius 1 is 1.21 bits per heavy atom. The lowest BCUT2D eigenvalue weighted by molar-refractivity contribution is 0.00851. The molecular formula is C15H20N2O2. The molecule has 3 rings (SSSR count). The molecule has 0 spiro atoms. The molecule has 1 saturated heterocycles. The number of likely N-dealkylation sites (tertiary alicyclic amines) is 1. The Bertz CT molecular complexity index is 437. The van der Waals surface area contributed by atoms with Gasteiger partial charge in [0.1, 0.15) is 6.61 Å². The van der Waals surface area contributed by atoms with Crippen LogP contribution in [0, 0.1) is 11.8 Å². The maximum absolute atomic E-state index is 11.8. The summed E-state index contributed by atoms with van der Waals surface area (Å²) in [6, 6.07) is 10.2. The van der Waals surface area contributed by atoms with Crippen molar-refractivity contribution < 1.29 is 9.53 Å².